The van der Waals surface area contributed by atoms with Gasteiger partial charge in [-0.05, 0) is 42.3 Å². The van der Waals surface area contributed by atoms with Crippen molar-refractivity contribution in [1.82, 2.24) is 0 Å². The summed E-state index contributed by atoms with van der Waals surface area (Å²) in [5.41, 5.74) is 1.76. The van der Waals surface area contributed by atoms with E-state index in [1.165, 1.54) is 6.07 Å². The van der Waals surface area contributed by atoms with Crippen LogP contribution in [0.2, 0.25) is 5.02 Å². The third-order valence-electron chi connectivity index (χ3n) is 2.92. The van der Waals surface area contributed by atoms with Crippen LogP contribution in [0.4, 0.5) is 10.1 Å². The van der Waals surface area contributed by atoms with Crippen molar-refractivity contribution >= 4 is 33.2 Å². The Morgan fingerprint density at radius 3 is 2.74 bits per heavy atom. The SMILES string of the molecule is CCC(Nc1cc(Br)ccc1Cl)c1cccc(F)c1. The normalized spacial score (nSPS) is 12.2. The van der Waals surface area contributed by atoms with Crippen molar-refractivity contribution in [2.24, 2.45) is 0 Å². The topological polar surface area (TPSA) is 12.0 Å². The fourth-order valence-electron chi connectivity index (χ4n) is 1.94. The van der Waals surface area contributed by atoms with Gasteiger partial charge in [0.15, 0.2) is 0 Å². The number of hydrogen-bond acceptors (Lipinski definition) is 1. The van der Waals surface area contributed by atoms with Gasteiger partial charge in [0.25, 0.3) is 0 Å². The molecule has 0 aliphatic heterocycles. The molecule has 0 fully saturated rings. The second-order valence-electron chi connectivity index (χ2n) is 4.28. The van der Waals surface area contributed by atoms with Gasteiger partial charge in [0.1, 0.15) is 5.82 Å². The summed E-state index contributed by atoms with van der Waals surface area (Å²) >= 11 is 9.58. The molecule has 0 radical (unpaired) electrons. The van der Waals surface area contributed by atoms with Gasteiger partial charge in [-0.25, -0.2) is 4.39 Å². The quantitative estimate of drug-likeness (QED) is 0.740. The molecule has 1 unspecified atom stereocenters. The van der Waals surface area contributed by atoms with Crippen molar-refractivity contribution in [2.75, 3.05) is 5.32 Å². The summed E-state index contributed by atoms with van der Waals surface area (Å²) in [5.74, 6) is -0.224. The van der Waals surface area contributed by atoms with Gasteiger partial charge in [-0.2, -0.15) is 0 Å². The summed E-state index contributed by atoms with van der Waals surface area (Å²) in [7, 11) is 0. The van der Waals surface area contributed by atoms with Gasteiger partial charge < -0.3 is 5.32 Å². The highest BCUT2D eigenvalue weighted by atomic mass is 79.9. The fourth-order valence-corrected chi connectivity index (χ4v) is 2.47. The molecule has 0 heterocycles. The van der Waals surface area contributed by atoms with Gasteiger partial charge in [0, 0.05) is 4.47 Å². The zero-order valence-electron chi connectivity index (χ0n) is 10.5. The minimum atomic E-state index is -0.224. The number of nitrogens with one attached hydrogen (secondary N) is 1. The van der Waals surface area contributed by atoms with Crippen LogP contribution < -0.4 is 5.32 Å². The highest BCUT2D eigenvalue weighted by Gasteiger charge is 2.11. The molecule has 100 valence electrons. The predicted molar refractivity (Wildman–Crippen MR) is 82.2 cm³/mol. The molecule has 1 nitrogen and oxygen atoms in total. The van der Waals surface area contributed by atoms with Gasteiger partial charge in [0.05, 0.1) is 16.8 Å². The first-order valence-corrected chi connectivity index (χ1v) is 7.24. The Labute approximate surface area is 125 Å². The van der Waals surface area contributed by atoms with Crippen molar-refractivity contribution < 1.29 is 4.39 Å². The molecular weight excluding hydrogens is 329 g/mol. The van der Waals surface area contributed by atoms with E-state index in [2.05, 4.69) is 28.2 Å². The van der Waals surface area contributed by atoms with Crippen molar-refractivity contribution in [3.8, 4) is 0 Å². The molecule has 2 aromatic carbocycles. The van der Waals surface area contributed by atoms with Crippen LogP contribution in [0.3, 0.4) is 0 Å². The van der Waals surface area contributed by atoms with Crippen LogP contribution in [0.5, 0.6) is 0 Å². The van der Waals surface area contributed by atoms with E-state index in [9.17, 15) is 4.39 Å². The lowest BCUT2D eigenvalue weighted by atomic mass is 10.0. The van der Waals surface area contributed by atoms with Gasteiger partial charge >= 0.3 is 0 Å². The lowest BCUT2D eigenvalue weighted by molar-refractivity contribution is 0.621. The average molecular weight is 343 g/mol. The van der Waals surface area contributed by atoms with Gasteiger partial charge in [-0.1, -0.05) is 46.6 Å². The number of anilines is 1. The zero-order valence-corrected chi connectivity index (χ0v) is 12.8. The van der Waals surface area contributed by atoms with E-state index >= 15 is 0 Å². The first kappa shape index (κ1) is 14.4. The van der Waals surface area contributed by atoms with Crippen LogP contribution in [-0.4, -0.2) is 0 Å². The largest absolute Gasteiger partial charge is 0.377 e. The summed E-state index contributed by atoms with van der Waals surface area (Å²) < 4.78 is 14.2. The molecule has 0 aromatic heterocycles. The number of rotatable bonds is 4. The van der Waals surface area contributed by atoms with E-state index in [0.717, 1.165) is 22.1 Å². The van der Waals surface area contributed by atoms with E-state index in [0.29, 0.717) is 5.02 Å². The summed E-state index contributed by atoms with van der Waals surface area (Å²) in [6.45, 7) is 2.05. The Morgan fingerprint density at radius 2 is 2.05 bits per heavy atom. The van der Waals surface area contributed by atoms with Crippen molar-refractivity contribution in [3.63, 3.8) is 0 Å². The first-order valence-electron chi connectivity index (χ1n) is 6.07. The van der Waals surface area contributed by atoms with Crippen LogP contribution in [0.1, 0.15) is 24.9 Å². The molecule has 0 aliphatic rings. The minimum Gasteiger partial charge on any atom is -0.377 e. The second-order valence-corrected chi connectivity index (χ2v) is 5.61. The maximum atomic E-state index is 13.3. The standard InChI is InChI=1S/C15H14BrClFN/c1-2-14(10-4-3-5-12(18)8-10)19-15-9-11(16)6-7-13(15)17/h3-9,14,19H,2H2,1H3. The molecular formula is C15H14BrClFN. The molecule has 0 saturated heterocycles. The average Bonchev–Trinajstić information content (AvgIpc) is 2.39. The van der Waals surface area contributed by atoms with Crippen LogP contribution in [0.25, 0.3) is 0 Å². The molecule has 0 aliphatic carbocycles. The predicted octanol–water partition coefficient (Wildman–Crippen LogP) is 5.80. The van der Waals surface area contributed by atoms with Gasteiger partial charge in [-0.15, -0.1) is 0 Å². The molecule has 4 heteroatoms. The van der Waals surface area contributed by atoms with Gasteiger partial charge in [0.2, 0.25) is 0 Å². The minimum absolute atomic E-state index is 0.0301. The molecule has 0 amide bonds. The summed E-state index contributed by atoms with van der Waals surface area (Å²) in [4.78, 5) is 0. The summed E-state index contributed by atoms with van der Waals surface area (Å²) in [6, 6.07) is 12.3. The number of halogens is 3. The molecule has 2 rings (SSSR count). The summed E-state index contributed by atoms with van der Waals surface area (Å²) in [5, 5.41) is 4.00. The Morgan fingerprint density at radius 1 is 1.26 bits per heavy atom. The van der Waals surface area contributed by atoms with E-state index in [-0.39, 0.29) is 11.9 Å². The molecule has 0 spiro atoms. The Hall–Kier alpha value is -1.06. The van der Waals surface area contributed by atoms with Crippen molar-refractivity contribution in [2.45, 2.75) is 19.4 Å². The number of hydrogen-bond donors (Lipinski definition) is 1. The maximum Gasteiger partial charge on any atom is 0.123 e. The lowest BCUT2D eigenvalue weighted by Gasteiger charge is -2.20. The molecule has 2 aromatic rings. The maximum absolute atomic E-state index is 13.3. The summed E-state index contributed by atoms with van der Waals surface area (Å²) in [6.07, 6.45) is 0.840. The highest BCUT2D eigenvalue weighted by molar-refractivity contribution is 9.10. The molecule has 1 N–H and O–H groups in total. The molecule has 0 saturated carbocycles. The monoisotopic (exact) mass is 341 g/mol. The third-order valence-corrected chi connectivity index (χ3v) is 3.74. The fraction of sp³-hybridized carbons (Fsp3) is 0.200. The van der Waals surface area contributed by atoms with Crippen LogP contribution in [0.15, 0.2) is 46.9 Å². The van der Waals surface area contributed by atoms with Crippen molar-refractivity contribution in [1.29, 1.82) is 0 Å². The smallest absolute Gasteiger partial charge is 0.123 e. The highest BCUT2D eigenvalue weighted by Crippen LogP contribution is 2.30. The third kappa shape index (κ3) is 3.71. The molecule has 0 bridgehead atoms. The first-order chi connectivity index (χ1) is 9.10. The van der Waals surface area contributed by atoms with Crippen molar-refractivity contribution in [3.05, 3.63) is 63.3 Å². The van der Waals surface area contributed by atoms with Crippen LogP contribution in [0, 0.1) is 5.82 Å². The van der Waals surface area contributed by atoms with E-state index in [4.69, 9.17) is 11.6 Å². The lowest BCUT2D eigenvalue weighted by Crippen LogP contribution is -2.10. The second kappa shape index (κ2) is 6.40. The van der Waals surface area contributed by atoms with E-state index in [1.807, 2.05) is 24.3 Å². The van der Waals surface area contributed by atoms with Crippen LogP contribution in [-0.2, 0) is 0 Å². The number of benzene rings is 2. The Balaban J connectivity index is 2.26. The van der Waals surface area contributed by atoms with E-state index in [1.54, 1.807) is 12.1 Å². The van der Waals surface area contributed by atoms with Gasteiger partial charge in [-0.3, -0.25) is 0 Å². The molecule has 1 atom stereocenters. The Kier molecular flexibility index (Phi) is 4.83. The molecule has 19 heavy (non-hydrogen) atoms. The van der Waals surface area contributed by atoms with Crippen LogP contribution >= 0.6 is 27.5 Å². The Bertz CT molecular complexity index is 574. The van der Waals surface area contributed by atoms with E-state index < -0.39 is 0 Å². The zero-order chi connectivity index (χ0) is 13.8.